The predicted molar refractivity (Wildman–Crippen MR) is 76.8 cm³/mol. The Balaban J connectivity index is 2.12. The number of nitrogens with zero attached hydrogens (tertiary/aromatic N) is 1. The molecule has 1 aliphatic rings. The number of carbonyl (C=O) groups is 1. The molecule has 1 fully saturated rings. The van der Waals surface area contributed by atoms with Crippen molar-refractivity contribution < 1.29 is 15.1 Å². The van der Waals surface area contributed by atoms with Crippen molar-refractivity contribution in [1.82, 2.24) is 10.0 Å². The summed E-state index contributed by atoms with van der Waals surface area (Å²) in [5.74, 6) is -1.20. The average Bonchev–Trinajstić information content (AvgIpc) is 2.98. The third-order valence-electron chi connectivity index (χ3n) is 3.96. The maximum Gasteiger partial charge on any atom is 0.294 e. The lowest BCUT2D eigenvalue weighted by Gasteiger charge is -2.15. The number of benzene rings is 1. The molecule has 1 saturated carbocycles. The molecule has 1 aliphatic carbocycles. The Labute approximate surface area is 120 Å². The van der Waals surface area contributed by atoms with E-state index in [0.29, 0.717) is 5.39 Å². The van der Waals surface area contributed by atoms with Crippen molar-refractivity contribution in [2.45, 2.75) is 31.7 Å². The zero-order chi connectivity index (χ0) is 15.0. The molecular formula is C15H16N2O4. The zero-order valence-electron chi connectivity index (χ0n) is 11.4. The Hall–Kier alpha value is -2.50. The molecule has 1 aromatic carbocycles. The van der Waals surface area contributed by atoms with E-state index in [9.17, 15) is 19.9 Å². The van der Waals surface area contributed by atoms with Gasteiger partial charge in [-0.3, -0.25) is 9.59 Å². The zero-order valence-corrected chi connectivity index (χ0v) is 11.4. The van der Waals surface area contributed by atoms with E-state index in [0.717, 1.165) is 25.7 Å². The molecule has 3 N–H and O–H groups in total. The number of rotatable bonds is 2. The van der Waals surface area contributed by atoms with Gasteiger partial charge in [-0.15, -0.1) is 4.73 Å². The third-order valence-corrected chi connectivity index (χ3v) is 3.96. The van der Waals surface area contributed by atoms with Gasteiger partial charge in [0, 0.05) is 11.4 Å². The Kier molecular flexibility index (Phi) is 3.29. The number of amides is 1. The smallest absolute Gasteiger partial charge is 0.294 e. The largest absolute Gasteiger partial charge is 0.492 e. The second-order valence-electron chi connectivity index (χ2n) is 5.32. The van der Waals surface area contributed by atoms with Crippen LogP contribution in [0.3, 0.4) is 0 Å². The summed E-state index contributed by atoms with van der Waals surface area (Å²) in [4.78, 5) is 24.3. The van der Waals surface area contributed by atoms with E-state index in [2.05, 4.69) is 5.32 Å². The van der Waals surface area contributed by atoms with E-state index in [4.69, 9.17) is 0 Å². The fourth-order valence-corrected chi connectivity index (χ4v) is 2.88. The molecule has 0 spiro atoms. The van der Waals surface area contributed by atoms with Gasteiger partial charge in [0.25, 0.3) is 11.5 Å². The van der Waals surface area contributed by atoms with Gasteiger partial charge in [0.2, 0.25) is 5.88 Å². The highest BCUT2D eigenvalue weighted by Gasteiger charge is 2.24. The van der Waals surface area contributed by atoms with Gasteiger partial charge in [0.15, 0.2) is 0 Å². The number of aromatic hydroxyl groups is 1. The number of pyridine rings is 1. The summed E-state index contributed by atoms with van der Waals surface area (Å²) in [5, 5.41) is 23.0. The first kappa shape index (κ1) is 13.5. The summed E-state index contributed by atoms with van der Waals surface area (Å²) >= 11 is 0. The van der Waals surface area contributed by atoms with Crippen LogP contribution in [0.25, 0.3) is 10.8 Å². The molecule has 0 bridgehead atoms. The van der Waals surface area contributed by atoms with Crippen LogP contribution in [0.5, 0.6) is 5.88 Å². The molecule has 21 heavy (non-hydrogen) atoms. The van der Waals surface area contributed by atoms with E-state index >= 15 is 0 Å². The van der Waals surface area contributed by atoms with E-state index in [1.54, 1.807) is 18.2 Å². The van der Waals surface area contributed by atoms with Gasteiger partial charge < -0.3 is 15.6 Å². The highest BCUT2D eigenvalue weighted by Crippen LogP contribution is 2.25. The van der Waals surface area contributed by atoms with Crippen LogP contribution in [0, 0.1) is 0 Å². The van der Waals surface area contributed by atoms with Gasteiger partial charge in [-0.05, 0) is 18.9 Å². The number of carbonyl (C=O) groups excluding carboxylic acids is 1. The Bertz CT molecular complexity index is 760. The van der Waals surface area contributed by atoms with Gasteiger partial charge in [-0.2, -0.15) is 0 Å². The van der Waals surface area contributed by atoms with Crippen molar-refractivity contribution in [3.05, 3.63) is 40.2 Å². The summed E-state index contributed by atoms with van der Waals surface area (Å²) in [6, 6.07) is 6.49. The van der Waals surface area contributed by atoms with Gasteiger partial charge in [0.05, 0.1) is 5.39 Å². The van der Waals surface area contributed by atoms with Crippen molar-refractivity contribution in [3.63, 3.8) is 0 Å². The summed E-state index contributed by atoms with van der Waals surface area (Å²) in [7, 11) is 0. The molecule has 2 aromatic rings. The molecule has 0 saturated heterocycles. The van der Waals surface area contributed by atoms with E-state index in [1.807, 2.05) is 0 Å². The molecule has 1 aromatic heterocycles. The summed E-state index contributed by atoms with van der Waals surface area (Å²) in [6.45, 7) is 0. The molecule has 1 heterocycles. The number of hydrogen-bond donors (Lipinski definition) is 3. The molecule has 6 nitrogen and oxygen atoms in total. The first-order valence-electron chi connectivity index (χ1n) is 6.96. The lowest BCUT2D eigenvalue weighted by Crippen LogP contribution is -2.34. The number of nitrogens with one attached hydrogen (secondary N) is 1. The van der Waals surface area contributed by atoms with Crippen molar-refractivity contribution in [2.24, 2.45) is 0 Å². The maximum absolute atomic E-state index is 12.4. The quantitative estimate of drug-likeness (QED) is 0.732. The first-order chi connectivity index (χ1) is 10.1. The van der Waals surface area contributed by atoms with Gasteiger partial charge >= 0.3 is 0 Å². The fraction of sp³-hybridized carbons (Fsp3) is 0.333. The summed E-state index contributed by atoms with van der Waals surface area (Å²) < 4.78 is 0.117. The normalized spacial score (nSPS) is 15.4. The number of fused-ring (bicyclic) bond motifs is 1. The van der Waals surface area contributed by atoms with Crippen LogP contribution in [0.1, 0.15) is 36.0 Å². The topological polar surface area (TPSA) is 91.6 Å². The van der Waals surface area contributed by atoms with Crippen LogP contribution in [0.15, 0.2) is 29.1 Å². The third kappa shape index (κ3) is 2.22. The number of aromatic nitrogens is 1. The van der Waals surface area contributed by atoms with Crippen LogP contribution < -0.4 is 10.9 Å². The summed E-state index contributed by atoms with van der Waals surface area (Å²) in [5.41, 5.74) is -0.819. The highest BCUT2D eigenvalue weighted by molar-refractivity contribution is 6.08. The van der Waals surface area contributed by atoms with Crippen molar-refractivity contribution in [2.75, 3.05) is 0 Å². The van der Waals surface area contributed by atoms with Crippen molar-refractivity contribution >= 4 is 16.7 Å². The minimum Gasteiger partial charge on any atom is -0.492 e. The molecule has 0 atom stereocenters. The van der Waals surface area contributed by atoms with E-state index in [-0.39, 0.29) is 21.7 Å². The Morgan fingerprint density at radius 3 is 2.48 bits per heavy atom. The van der Waals surface area contributed by atoms with E-state index < -0.39 is 17.3 Å². The van der Waals surface area contributed by atoms with Gasteiger partial charge in [0.1, 0.15) is 5.56 Å². The standard InChI is InChI=1S/C15H16N2O4/c18-13(16-9-5-1-2-6-9)12-10-7-3-4-8-11(10)14(19)17(21)15(12)20/h3-4,7-9,20-21H,1-2,5-6H2,(H,16,18). The fourth-order valence-electron chi connectivity index (χ4n) is 2.88. The van der Waals surface area contributed by atoms with Crippen LogP contribution in [0.4, 0.5) is 0 Å². The van der Waals surface area contributed by atoms with E-state index in [1.165, 1.54) is 6.07 Å². The molecule has 3 rings (SSSR count). The SMILES string of the molecule is O=C(NC1CCCC1)c1c(O)n(O)c(=O)c2ccccc12. The summed E-state index contributed by atoms with van der Waals surface area (Å²) in [6.07, 6.45) is 3.95. The minimum absolute atomic E-state index is 0.0698. The minimum atomic E-state index is -0.750. The Morgan fingerprint density at radius 1 is 1.19 bits per heavy atom. The van der Waals surface area contributed by atoms with Crippen LogP contribution in [0.2, 0.25) is 0 Å². The highest BCUT2D eigenvalue weighted by atomic mass is 16.5. The second kappa shape index (κ2) is 5.12. The predicted octanol–water partition coefficient (Wildman–Crippen LogP) is 1.62. The van der Waals surface area contributed by atoms with Crippen LogP contribution in [-0.4, -0.2) is 27.0 Å². The lowest BCUT2D eigenvalue weighted by atomic mass is 10.1. The van der Waals surface area contributed by atoms with Crippen LogP contribution in [-0.2, 0) is 0 Å². The Morgan fingerprint density at radius 2 is 1.81 bits per heavy atom. The molecule has 110 valence electrons. The molecule has 6 heteroatoms. The molecule has 1 amide bonds. The first-order valence-corrected chi connectivity index (χ1v) is 6.96. The van der Waals surface area contributed by atoms with Crippen molar-refractivity contribution in [1.29, 1.82) is 0 Å². The van der Waals surface area contributed by atoms with Crippen LogP contribution >= 0.6 is 0 Å². The van der Waals surface area contributed by atoms with Gasteiger partial charge in [-0.1, -0.05) is 31.0 Å². The molecule has 0 aliphatic heterocycles. The molecule has 0 unspecified atom stereocenters. The monoisotopic (exact) mass is 288 g/mol. The average molecular weight is 288 g/mol. The number of hydrogen-bond acceptors (Lipinski definition) is 4. The second-order valence-corrected chi connectivity index (χ2v) is 5.32. The van der Waals surface area contributed by atoms with Crippen molar-refractivity contribution in [3.8, 4) is 5.88 Å². The maximum atomic E-state index is 12.4. The molecular weight excluding hydrogens is 272 g/mol. The lowest BCUT2D eigenvalue weighted by molar-refractivity contribution is 0.0922. The van der Waals surface area contributed by atoms with Gasteiger partial charge in [-0.25, -0.2) is 0 Å². The molecule has 0 radical (unpaired) electrons.